The van der Waals surface area contributed by atoms with Gasteiger partial charge in [-0.2, -0.15) is 0 Å². The van der Waals surface area contributed by atoms with E-state index < -0.39 is 25.1 Å². The Hall–Kier alpha value is -3.75. The number of hydrogen-bond acceptors (Lipinski definition) is 8. The first-order chi connectivity index (χ1) is 13.6. The third-order valence-electron chi connectivity index (χ3n) is 3.60. The molecule has 1 amide bonds. The zero-order valence-corrected chi connectivity index (χ0v) is 15.0. The fourth-order valence-electron chi connectivity index (χ4n) is 2.24. The van der Waals surface area contributed by atoms with Crippen LogP contribution in [-0.2, 0) is 19.2 Å². The number of ether oxygens (including phenoxy) is 4. The molecule has 1 aliphatic heterocycles. The van der Waals surface area contributed by atoms with Crippen LogP contribution in [0.1, 0.15) is 5.56 Å². The van der Waals surface area contributed by atoms with Gasteiger partial charge in [-0.25, -0.2) is 4.79 Å². The smallest absolute Gasteiger partial charge is 0.347 e. The van der Waals surface area contributed by atoms with E-state index in [-0.39, 0.29) is 6.79 Å². The second kappa shape index (κ2) is 9.26. The lowest BCUT2D eigenvalue weighted by molar-refractivity contribution is -0.151. The highest BCUT2D eigenvalue weighted by Crippen LogP contribution is 2.34. The molecule has 28 heavy (non-hydrogen) atoms. The molecule has 0 fully saturated rings. The van der Waals surface area contributed by atoms with Gasteiger partial charge in [0.05, 0.1) is 13.3 Å². The minimum Gasteiger partial charge on any atom is -0.497 e. The van der Waals surface area contributed by atoms with Crippen LogP contribution in [0.3, 0.4) is 0 Å². The first kappa shape index (κ1) is 19.0. The van der Waals surface area contributed by atoms with Crippen molar-refractivity contribution in [1.29, 1.82) is 0 Å². The van der Waals surface area contributed by atoms with Crippen LogP contribution in [0.2, 0.25) is 0 Å². The van der Waals surface area contributed by atoms with E-state index in [2.05, 4.69) is 10.5 Å². The van der Waals surface area contributed by atoms with Gasteiger partial charge in [0.15, 0.2) is 18.1 Å². The monoisotopic (exact) mass is 386 g/mol. The van der Waals surface area contributed by atoms with E-state index in [0.717, 1.165) is 11.3 Å². The van der Waals surface area contributed by atoms with E-state index in [1.165, 1.54) is 6.21 Å². The van der Waals surface area contributed by atoms with Crippen molar-refractivity contribution in [1.82, 2.24) is 0 Å². The molecule has 0 atom stereocenters. The Bertz CT molecular complexity index is 865. The second-order valence-electron chi connectivity index (χ2n) is 5.56. The quantitative estimate of drug-likeness (QED) is 0.420. The third-order valence-corrected chi connectivity index (χ3v) is 3.60. The van der Waals surface area contributed by atoms with Crippen molar-refractivity contribution in [3.8, 4) is 17.2 Å². The highest BCUT2D eigenvalue weighted by molar-refractivity contribution is 5.93. The summed E-state index contributed by atoms with van der Waals surface area (Å²) >= 11 is 0. The number of carbonyl (C=O) groups excluding carboxylic acids is 2. The van der Waals surface area contributed by atoms with Crippen molar-refractivity contribution >= 4 is 23.8 Å². The van der Waals surface area contributed by atoms with Gasteiger partial charge in [0, 0.05) is 11.8 Å². The van der Waals surface area contributed by atoms with E-state index in [0.29, 0.717) is 17.2 Å². The van der Waals surface area contributed by atoms with Gasteiger partial charge in [-0.05, 0) is 42.0 Å². The predicted molar refractivity (Wildman–Crippen MR) is 98.7 cm³/mol. The molecule has 0 bridgehead atoms. The summed E-state index contributed by atoms with van der Waals surface area (Å²) in [6, 6.07) is 12.1. The number of nitrogens with one attached hydrogen (secondary N) is 1. The van der Waals surface area contributed by atoms with E-state index in [1.807, 2.05) is 0 Å². The number of anilines is 1. The summed E-state index contributed by atoms with van der Waals surface area (Å²) in [7, 11) is 1.58. The van der Waals surface area contributed by atoms with Crippen LogP contribution in [0.15, 0.2) is 47.6 Å². The molecule has 9 nitrogen and oxygen atoms in total. The molecule has 9 heteroatoms. The van der Waals surface area contributed by atoms with Crippen LogP contribution >= 0.6 is 0 Å². The molecule has 1 N–H and O–H groups in total. The van der Waals surface area contributed by atoms with Gasteiger partial charge in [-0.3, -0.25) is 4.79 Å². The van der Waals surface area contributed by atoms with Gasteiger partial charge in [0.25, 0.3) is 5.91 Å². The maximum atomic E-state index is 11.8. The summed E-state index contributed by atoms with van der Waals surface area (Å²) < 4.78 is 20.3. The SMILES string of the molecule is COc1ccc(/C=N\OCC(=O)OCC(=O)Nc2ccc3c(c2)OCO3)cc1. The zero-order chi connectivity index (χ0) is 19.8. The van der Waals surface area contributed by atoms with Crippen molar-refractivity contribution < 1.29 is 33.4 Å². The molecule has 0 saturated heterocycles. The van der Waals surface area contributed by atoms with Gasteiger partial charge in [0.1, 0.15) is 5.75 Å². The molecule has 0 radical (unpaired) electrons. The minimum atomic E-state index is -0.715. The summed E-state index contributed by atoms with van der Waals surface area (Å²) in [5, 5.41) is 6.26. The van der Waals surface area contributed by atoms with Crippen molar-refractivity contribution in [3.05, 3.63) is 48.0 Å². The average molecular weight is 386 g/mol. The van der Waals surface area contributed by atoms with Crippen LogP contribution in [-0.4, -0.2) is 45.2 Å². The molecule has 0 aliphatic carbocycles. The lowest BCUT2D eigenvalue weighted by Gasteiger charge is -2.07. The Morgan fingerprint density at radius 2 is 1.89 bits per heavy atom. The lowest BCUT2D eigenvalue weighted by Crippen LogP contribution is -2.22. The van der Waals surface area contributed by atoms with Crippen LogP contribution in [0.25, 0.3) is 0 Å². The molecular formula is C19H18N2O7. The van der Waals surface area contributed by atoms with Crippen LogP contribution < -0.4 is 19.5 Å². The van der Waals surface area contributed by atoms with Crippen LogP contribution in [0, 0.1) is 0 Å². The van der Waals surface area contributed by atoms with Gasteiger partial charge >= 0.3 is 5.97 Å². The fourth-order valence-corrected chi connectivity index (χ4v) is 2.24. The van der Waals surface area contributed by atoms with Crippen molar-refractivity contribution in [2.45, 2.75) is 0 Å². The maximum absolute atomic E-state index is 11.8. The molecule has 3 rings (SSSR count). The number of nitrogens with zero attached hydrogens (tertiary/aromatic N) is 1. The average Bonchev–Trinajstić information content (AvgIpc) is 3.18. The first-order valence-electron chi connectivity index (χ1n) is 8.28. The molecule has 146 valence electrons. The number of fused-ring (bicyclic) bond motifs is 1. The van der Waals surface area contributed by atoms with Gasteiger partial charge in [-0.1, -0.05) is 5.16 Å². The summed E-state index contributed by atoms with van der Waals surface area (Å²) in [6.07, 6.45) is 1.44. The Labute approximate surface area is 160 Å². The van der Waals surface area contributed by atoms with Crippen LogP contribution in [0.5, 0.6) is 17.2 Å². The topological polar surface area (TPSA) is 105 Å². The Morgan fingerprint density at radius 3 is 2.68 bits per heavy atom. The number of benzene rings is 2. The Balaban J connectivity index is 1.35. The number of methoxy groups -OCH3 is 1. The third kappa shape index (κ3) is 5.37. The number of rotatable bonds is 8. The maximum Gasteiger partial charge on any atom is 0.347 e. The minimum absolute atomic E-state index is 0.144. The molecule has 1 heterocycles. The number of hydrogen-bond donors (Lipinski definition) is 1. The highest BCUT2D eigenvalue weighted by Gasteiger charge is 2.14. The molecule has 0 unspecified atom stereocenters. The molecular weight excluding hydrogens is 368 g/mol. The molecule has 0 aromatic heterocycles. The number of amides is 1. The fraction of sp³-hybridized carbons (Fsp3) is 0.211. The summed E-state index contributed by atoms with van der Waals surface area (Å²) in [6.45, 7) is -0.714. The number of oxime groups is 1. The van der Waals surface area contributed by atoms with E-state index in [9.17, 15) is 9.59 Å². The number of carbonyl (C=O) groups is 2. The van der Waals surface area contributed by atoms with E-state index in [1.54, 1.807) is 49.6 Å². The lowest BCUT2D eigenvalue weighted by atomic mass is 10.2. The molecule has 0 spiro atoms. The Morgan fingerprint density at radius 1 is 1.11 bits per heavy atom. The number of esters is 1. The van der Waals surface area contributed by atoms with Crippen molar-refractivity contribution in [3.63, 3.8) is 0 Å². The van der Waals surface area contributed by atoms with E-state index >= 15 is 0 Å². The first-order valence-corrected chi connectivity index (χ1v) is 8.28. The Kier molecular flexibility index (Phi) is 6.29. The molecule has 2 aromatic carbocycles. The standard InChI is InChI=1S/C19H18N2O7/c1-24-15-5-2-13(3-6-15)9-20-28-11-19(23)25-10-18(22)21-14-4-7-16-17(8-14)27-12-26-16/h2-9H,10-12H2,1H3,(H,21,22)/b20-9-. The largest absolute Gasteiger partial charge is 0.497 e. The molecule has 2 aromatic rings. The van der Waals surface area contributed by atoms with Gasteiger partial charge < -0.3 is 29.1 Å². The summed E-state index contributed by atoms with van der Waals surface area (Å²) in [5.74, 6) is 0.664. The van der Waals surface area contributed by atoms with Gasteiger partial charge in [0.2, 0.25) is 13.4 Å². The van der Waals surface area contributed by atoms with Crippen molar-refractivity contribution in [2.24, 2.45) is 5.16 Å². The predicted octanol–water partition coefficient (Wildman–Crippen LogP) is 1.96. The summed E-state index contributed by atoms with van der Waals surface area (Å²) in [4.78, 5) is 28.3. The normalized spacial score (nSPS) is 11.9. The second-order valence-corrected chi connectivity index (χ2v) is 5.56. The highest BCUT2D eigenvalue weighted by atomic mass is 16.7. The molecule has 1 aliphatic rings. The molecule has 0 saturated carbocycles. The van der Waals surface area contributed by atoms with Gasteiger partial charge in [-0.15, -0.1) is 0 Å². The van der Waals surface area contributed by atoms with Crippen molar-refractivity contribution in [2.75, 3.05) is 32.4 Å². The van der Waals surface area contributed by atoms with Crippen LogP contribution in [0.4, 0.5) is 5.69 Å². The summed E-state index contributed by atoms with van der Waals surface area (Å²) in [5.41, 5.74) is 1.28. The zero-order valence-electron chi connectivity index (χ0n) is 15.0. The van der Waals surface area contributed by atoms with E-state index in [4.69, 9.17) is 23.8 Å².